The van der Waals surface area contributed by atoms with Crippen LogP contribution in [0.3, 0.4) is 0 Å². The van der Waals surface area contributed by atoms with Crippen molar-refractivity contribution < 1.29 is 27.2 Å². The van der Waals surface area contributed by atoms with Gasteiger partial charge in [-0.1, -0.05) is 60.0 Å². The van der Waals surface area contributed by atoms with E-state index in [1.807, 2.05) is 31.2 Å². The van der Waals surface area contributed by atoms with Crippen molar-refractivity contribution in [2.24, 2.45) is 0 Å². The molecule has 0 aliphatic heterocycles. The molecule has 186 valence electrons. The zero-order valence-corrected chi connectivity index (χ0v) is 19.6. The quantitative estimate of drug-likeness (QED) is 0.434. The molecule has 1 aliphatic carbocycles. The minimum atomic E-state index is -4.85. The topological polar surface area (TPSA) is 76.4 Å². The van der Waals surface area contributed by atoms with E-state index in [4.69, 9.17) is 4.52 Å². The van der Waals surface area contributed by atoms with Crippen LogP contribution in [0.25, 0.3) is 0 Å². The molecule has 3 aromatic rings. The lowest BCUT2D eigenvalue weighted by Crippen LogP contribution is -2.53. The number of carbonyl (C=O) groups excluding carboxylic acids is 1. The molecular weight excluding hydrogens is 459 g/mol. The smallest absolute Gasteiger partial charge is 0.406 e. The lowest BCUT2D eigenvalue weighted by molar-refractivity contribution is -0.274. The second-order valence-corrected chi connectivity index (χ2v) is 9.04. The first-order chi connectivity index (χ1) is 16.6. The van der Waals surface area contributed by atoms with E-state index in [-0.39, 0.29) is 18.2 Å². The summed E-state index contributed by atoms with van der Waals surface area (Å²) in [7, 11) is 0. The number of amides is 2. The number of ether oxygens (including phenoxy) is 1. The van der Waals surface area contributed by atoms with Crippen LogP contribution in [0, 0.1) is 13.8 Å². The monoisotopic (exact) mass is 487 g/mol. The second kappa shape index (κ2) is 10.0. The van der Waals surface area contributed by atoms with Crippen molar-refractivity contribution in [3.05, 3.63) is 82.7 Å². The maximum atomic E-state index is 13.3. The van der Waals surface area contributed by atoms with Gasteiger partial charge in [0.2, 0.25) is 0 Å². The Morgan fingerprint density at radius 1 is 1.06 bits per heavy atom. The molecule has 1 saturated carbocycles. The van der Waals surface area contributed by atoms with Crippen LogP contribution in [-0.4, -0.2) is 23.6 Å². The summed E-state index contributed by atoms with van der Waals surface area (Å²) >= 11 is 0. The van der Waals surface area contributed by atoms with Gasteiger partial charge in [0.25, 0.3) is 0 Å². The molecule has 2 amide bonds. The molecule has 1 unspecified atom stereocenters. The first-order valence-corrected chi connectivity index (χ1v) is 11.6. The van der Waals surface area contributed by atoms with Gasteiger partial charge >= 0.3 is 12.4 Å². The van der Waals surface area contributed by atoms with Crippen LogP contribution in [-0.2, 0) is 12.0 Å². The maximum Gasteiger partial charge on any atom is 0.573 e. The molecular formula is C26H28F3N3O3. The molecule has 0 spiro atoms. The van der Waals surface area contributed by atoms with Gasteiger partial charge in [-0.3, -0.25) is 0 Å². The Bertz CT molecular complexity index is 1170. The van der Waals surface area contributed by atoms with E-state index >= 15 is 0 Å². The molecule has 6 nitrogen and oxygen atoms in total. The van der Waals surface area contributed by atoms with E-state index in [0.717, 1.165) is 31.2 Å². The predicted molar refractivity (Wildman–Crippen MR) is 124 cm³/mol. The van der Waals surface area contributed by atoms with E-state index in [2.05, 4.69) is 20.5 Å². The number of carbonyl (C=O) groups is 1. The molecule has 4 rings (SSSR count). The fourth-order valence-corrected chi connectivity index (χ4v) is 4.67. The highest BCUT2D eigenvalue weighted by molar-refractivity contribution is 5.76. The molecule has 0 radical (unpaired) electrons. The van der Waals surface area contributed by atoms with Crippen molar-refractivity contribution >= 4 is 6.03 Å². The summed E-state index contributed by atoms with van der Waals surface area (Å²) in [4.78, 5) is 13.3. The minimum absolute atomic E-state index is 0.0534. The molecule has 2 N–H and O–H groups in total. The number of hydrogen-bond acceptors (Lipinski definition) is 4. The highest BCUT2D eigenvalue weighted by Gasteiger charge is 2.39. The summed E-state index contributed by atoms with van der Waals surface area (Å²) in [6.45, 7) is 3.69. The van der Waals surface area contributed by atoms with Crippen molar-refractivity contribution in [1.29, 1.82) is 0 Å². The molecule has 1 heterocycles. The molecule has 1 aromatic heterocycles. The summed E-state index contributed by atoms with van der Waals surface area (Å²) in [5.74, 6) is 0.103. The lowest BCUT2D eigenvalue weighted by Gasteiger charge is -2.36. The minimum Gasteiger partial charge on any atom is -0.406 e. The largest absolute Gasteiger partial charge is 0.573 e. The zero-order valence-electron chi connectivity index (χ0n) is 19.6. The molecule has 2 aromatic carbocycles. The Morgan fingerprint density at radius 2 is 1.74 bits per heavy atom. The Hall–Kier alpha value is -3.49. The molecule has 9 heteroatoms. The number of hydrogen-bond donors (Lipinski definition) is 2. The summed E-state index contributed by atoms with van der Waals surface area (Å²) in [5, 5.41) is 10.1. The van der Waals surface area contributed by atoms with Crippen LogP contribution in [0.5, 0.6) is 5.75 Å². The van der Waals surface area contributed by atoms with Gasteiger partial charge in [-0.2, -0.15) is 0 Å². The number of alkyl halides is 3. The molecule has 35 heavy (non-hydrogen) atoms. The van der Waals surface area contributed by atoms with Gasteiger partial charge in [0.05, 0.1) is 11.2 Å². The Morgan fingerprint density at radius 3 is 2.37 bits per heavy atom. The third kappa shape index (κ3) is 6.15. The molecule has 1 aliphatic rings. The summed E-state index contributed by atoms with van der Waals surface area (Å²) in [6, 6.07) is 14.6. The van der Waals surface area contributed by atoms with Crippen molar-refractivity contribution in [1.82, 2.24) is 15.8 Å². The number of urea groups is 1. The van der Waals surface area contributed by atoms with Crippen LogP contribution in [0.4, 0.5) is 18.0 Å². The van der Waals surface area contributed by atoms with Crippen molar-refractivity contribution in [2.45, 2.75) is 63.9 Å². The van der Waals surface area contributed by atoms with Gasteiger partial charge in [0.1, 0.15) is 11.5 Å². The Kier molecular flexibility index (Phi) is 7.05. The van der Waals surface area contributed by atoms with Crippen molar-refractivity contribution in [3.8, 4) is 5.75 Å². The van der Waals surface area contributed by atoms with Crippen molar-refractivity contribution in [3.63, 3.8) is 0 Å². The first kappa shape index (κ1) is 24.6. The normalized spacial score (nSPS) is 16.0. The van der Waals surface area contributed by atoms with Gasteiger partial charge < -0.3 is 19.9 Å². The fraction of sp³-hybridized carbons (Fsp3) is 0.385. The number of aromatic nitrogens is 1. The van der Waals surface area contributed by atoms with Gasteiger partial charge in [-0.05, 0) is 49.9 Å². The molecule has 0 saturated heterocycles. The van der Waals surface area contributed by atoms with Gasteiger partial charge in [0.15, 0.2) is 0 Å². The predicted octanol–water partition coefficient (Wildman–Crippen LogP) is 5.92. The average Bonchev–Trinajstić information content (AvgIpc) is 3.43. The number of aryl methyl sites for hydroxylation is 2. The Balaban J connectivity index is 1.83. The van der Waals surface area contributed by atoms with E-state index < -0.39 is 17.9 Å². The van der Waals surface area contributed by atoms with Crippen LogP contribution < -0.4 is 15.4 Å². The highest BCUT2D eigenvalue weighted by Crippen LogP contribution is 2.37. The maximum absolute atomic E-state index is 13.3. The van der Waals surface area contributed by atoms with Crippen LogP contribution in [0.2, 0.25) is 0 Å². The number of benzene rings is 2. The third-order valence-corrected chi connectivity index (χ3v) is 6.20. The third-order valence-electron chi connectivity index (χ3n) is 6.20. The number of halogens is 3. The van der Waals surface area contributed by atoms with E-state index in [1.54, 1.807) is 19.1 Å². The van der Waals surface area contributed by atoms with E-state index in [0.29, 0.717) is 22.6 Å². The SMILES string of the molecule is Cc1cccc(C(Cc2cc(C)no2)(NC(=O)NC2CCCC2)c2cccc(OC(F)(F)F)c2)c1. The van der Waals surface area contributed by atoms with E-state index in [1.165, 1.54) is 18.2 Å². The van der Waals surface area contributed by atoms with Crippen molar-refractivity contribution in [2.75, 3.05) is 0 Å². The summed E-state index contributed by atoms with van der Waals surface area (Å²) in [5.41, 5.74) is 1.44. The lowest BCUT2D eigenvalue weighted by atomic mass is 9.78. The standard InChI is InChI=1S/C26H28F3N3O3/c1-17-7-5-8-19(13-17)25(16-23-14-18(2)32-35-23,31-24(33)30-21-10-3-4-11-21)20-9-6-12-22(15-20)34-26(27,28)29/h5-9,12-15,21H,3-4,10-11,16H2,1-2H3,(H2,30,31,33). The van der Waals surface area contributed by atoms with Crippen LogP contribution >= 0.6 is 0 Å². The Labute approximate surface area is 201 Å². The molecule has 1 atom stereocenters. The number of rotatable bonds is 7. The average molecular weight is 488 g/mol. The number of nitrogens with zero attached hydrogens (tertiary/aromatic N) is 1. The molecule has 1 fully saturated rings. The summed E-state index contributed by atoms with van der Waals surface area (Å²) < 4.78 is 48.7. The van der Waals surface area contributed by atoms with Crippen LogP contribution in [0.1, 0.15) is 53.8 Å². The van der Waals surface area contributed by atoms with Crippen LogP contribution in [0.15, 0.2) is 59.1 Å². The first-order valence-electron chi connectivity index (χ1n) is 11.6. The van der Waals surface area contributed by atoms with Gasteiger partial charge in [-0.15, -0.1) is 13.2 Å². The van der Waals surface area contributed by atoms with Gasteiger partial charge in [-0.25, -0.2) is 4.79 Å². The molecule has 0 bridgehead atoms. The fourth-order valence-electron chi connectivity index (χ4n) is 4.67. The summed E-state index contributed by atoms with van der Waals surface area (Å²) in [6.07, 6.45) is -0.850. The number of nitrogens with one attached hydrogen (secondary N) is 2. The highest BCUT2D eigenvalue weighted by atomic mass is 19.4. The zero-order chi connectivity index (χ0) is 25.1. The second-order valence-electron chi connectivity index (χ2n) is 9.04. The van der Waals surface area contributed by atoms with E-state index in [9.17, 15) is 18.0 Å². The van der Waals surface area contributed by atoms with Gasteiger partial charge in [0, 0.05) is 18.5 Å².